The summed E-state index contributed by atoms with van der Waals surface area (Å²) in [6.07, 6.45) is 0. The fourth-order valence-electron chi connectivity index (χ4n) is 2.49. The van der Waals surface area contributed by atoms with Crippen LogP contribution in [0.4, 0.5) is 0 Å². The van der Waals surface area contributed by atoms with Crippen molar-refractivity contribution < 1.29 is 13.2 Å². The standard InChI is InChI=1S/C15H14BrClN2O3S2/c16-14-5-4-13(23-14)15(20)18-6-8-19(9-7-18)24(21,22)12-3-1-2-11(17)10-12/h1-5,10H,6-9H2. The number of hydrogen-bond acceptors (Lipinski definition) is 4. The molecule has 9 heteroatoms. The normalized spacial score (nSPS) is 16.3. The first-order valence-electron chi connectivity index (χ1n) is 7.18. The average Bonchev–Trinajstić information content (AvgIpc) is 3.01. The van der Waals surface area contributed by atoms with Gasteiger partial charge in [0.1, 0.15) is 0 Å². The van der Waals surface area contributed by atoms with Gasteiger partial charge in [0, 0.05) is 31.2 Å². The number of benzene rings is 1. The first kappa shape index (κ1) is 17.9. The third-order valence-electron chi connectivity index (χ3n) is 3.74. The Bertz CT molecular complexity index is 861. The molecule has 0 aliphatic carbocycles. The van der Waals surface area contributed by atoms with Crippen LogP contribution in [-0.2, 0) is 10.0 Å². The Morgan fingerprint density at radius 2 is 1.83 bits per heavy atom. The van der Waals surface area contributed by atoms with E-state index in [0.717, 1.165) is 3.79 Å². The molecule has 1 fully saturated rings. The largest absolute Gasteiger partial charge is 0.335 e. The predicted molar refractivity (Wildman–Crippen MR) is 98.1 cm³/mol. The minimum Gasteiger partial charge on any atom is -0.335 e. The zero-order valence-corrected chi connectivity index (χ0v) is 16.5. The van der Waals surface area contributed by atoms with Gasteiger partial charge in [0.05, 0.1) is 13.6 Å². The highest BCUT2D eigenvalue weighted by Gasteiger charge is 2.30. The van der Waals surface area contributed by atoms with Crippen molar-refractivity contribution in [2.24, 2.45) is 0 Å². The van der Waals surface area contributed by atoms with Gasteiger partial charge >= 0.3 is 0 Å². The minimum atomic E-state index is -3.59. The molecular weight excluding hydrogens is 436 g/mol. The molecule has 2 aromatic rings. The van der Waals surface area contributed by atoms with Crippen molar-refractivity contribution >= 4 is 54.8 Å². The molecular formula is C15H14BrClN2O3S2. The second-order valence-corrected chi connectivity index (χ2v) is 10.1. The Hall–Kier alpha value is -0.930. The first-order chi connectivity index (χ1) is 11.4. The van der Waals surface area contributed by atoms with Gasteiger partial charge < -0.3 is 4.90 Å². The summed E-state index contributed by atoms with van der Waals surface area (Å²) in [6.45, 7) is 1.28. The molecule has 1 aliphatic rings. The minimum absolute atomic E-state index is 0.0643. The number of nitrogens with zero attached hydrogens (tertiary/aromatic N) is 2. The first-order valence-corrected chi connectivity index (χ1v) is 10.6. The molecule has 0 atom stereocenters. The summed E-state index contributed by atoms with van der Waals surface area (Å²) in [5, 5.41) is 0.383. The number of hydrogen-bond donors (Lipinski definition) is 0. The Labute approximate surface area is 158 Å². The van der Waals surface area contributed by atoms with Crippen molar-refractivity contribution in [1.29, 1.82) is 0 Å². The number of amides is 1. The molecule has 2 heterocycles. The Kier molecular flexibility index (Phi) is 5.31. The highest BCUT2D eigenvalue weighted by molar-refractivity contribution is 9.11. The van der Waals surface area contributed by atoms with E-state index in [0.29, 0.717) is 23.0 Å². The smallest absolute Gasteiger partial charge is 0.264 e. The zero-order chi connectivity index (χ0) is 17.3. The third kappa shape index (κ3) is 3.67. The maximum Gasteiger partial charge on any atom is 0.264 e. The Morgan fingerprint density at radius 1 is 1.12 bits per heavy atom. The topological polar surface area (TPSA) is 57.7 Å². The lowest BCUT2D eigenvalue weighted by Gasteiger charge is -2.33. The van der Waals surface area contributed by atoms with Gasteiger partial charge in [0.15, 0.2) is 0 Å². The van der Waals surface area contributed by atoms with E-state index < -0.39 is 10.0 Å². The number of carbonyl (C=O) groups is 1. The van der Waals surface area contributed by atoms with Crippen LogP contribution in [0.2, 0.25) is 5.02 Å². The molecule has 24 heavy (non-hydrogen) atoms. The molecule has 1 aromatic heterocycles. The van der Waals surface area contributed by atoms with E-state index in [9.17, 15) is 13.2 Å². The van der Waals surface area contributed by atoms with Crippen LogP contribution in [-0.4, -0.2) is 49.7 Å². The van der Waals surface area contributed by atoms with Crippen LogP contribution >= 0.6 is 38.9 Å². The van der Waals surface area contributed by atoms with E-state index >= 15 is 0 Å². The number of thiophene rings is 1. The lowest BCUT2D eigenvalue weighted by Crippen LogP contribution is -2.50. The van der Waals surface area contributed by atoms with Crippen LogP contribution in [0.3, 0.4) is 0 Å². The van der Waals surface area contributed by atoms with Crippen LogP contribution in [0.5, 0.6) is 0 Å². The summed E-state index contributed by atoms with van der Waals surface area (Å²) in [5.41, 5.74) is 0. The van der Waals surface area contributed by atoms with Crippen molar-refractivity contribution in [3.05, 3.63) is 50.1 Å². The van der Waals surface area contributed by atoms with E-state index in [2.05, 4.69) is 15.9 Å². The summed E-state index contributed by atoms with van der Waals surface area (Å²) in [5.74, 6) is -0.0643. The molecule has 128 valence electrons. The molecule has 0 saturated carbocycles. The number of halogens is 2. The molecule has 1 amide bonds. The maximum absolute atomic E-state index is 12.6. The molecule has 0 N–H and O–H groups in total. The number of sulfonamides is 1. The van der Waals surface area contributed by atoms with E-state index in [1.54, 1.807) is 23.1 Å². The van der Waals surface area contributed by atoms with Gasteiger partial charge in [-0.25, -0.2) is 8.42 Å². The van der Waals surface area contributed by atoms with Crippen molar-refractivity contribution in [2.45, 2.75) is 4.90 Å². The highest BCUT2D eigenvalue weighted by Crippen LogP contribution is 2.25. The van der Waals surface area contributed by atoms with Gasteiger partial charge in [-0.1, -0.05) is 17.7 Å². The lowest BCUT2D eigenvalue weighted by molar-refractivity contribution is 0.0703. The van der Waals surface area contributed by atoms with Gasteiger partial charge in [-0.15, -0.1) is 11.3 Å². The van der Waals surface area contributed by atoms with Crippen LogP contribution in [0, 0.1) is 0 Å². The molecule has 1 aromatic carbocycles. The highest BCUT2D eigenvalue weighted by atomic mass is 79.9. The van der Waals surface area contributed by atoms with Crippen molar-refractivity contribution in [3.8, 4) is 0 Å². The van der Waals surface area contributed by atoms with Crippen LogP contribution < -0.4 is 0 Å². The molecule has 0 unspecified atom stereocenters. The van der Waals surface area contributed by atoms with Crippen molar-refractivity contribution in [2.75, 3.05) is 26.2 Å². The Balaban J connectivity index is 1.69. The molecule has 5 nitrogen and oxygen atoms in total. The quantitative estimate of drug-likeness (QED) is 0.722. The predicted octanol–water partition coefficient (Wildman–Crippen LogP) is 3.31. The van der Waals surface area contributed by atoms with Crippen LogP contribution in [0.15, 0.2) is 45.1 Å². The van der Waals surface area contributed by atoms with Crippen LogP contribution in [0.1, 0.15) is 9.67 Å². The average molecular weight is 450 g/mol. The third-order valence-corrected chi connectivity index (χ3v) is 7.49. The molecule has 0 radical (unpaired) electrons. The fraction of sp³-hybridized carbons (Fsp3) is 0.267. The van der Waals surface area contributed by atoms with Gasteiger partial charge in [0.2, 0.25) is 10.0 Å². The number of piperazine rings is 1. The lowest BCUT2D eigenvalue weighted by atomic mass is 10.3. The molecule has 3 rings (SSSR count). The monoisotopic (exact) mass is 448 g/mol. The van der Waals surface area contributed by atoms with E-state index in [4.69, 9.17) is 11.6 Å². The van der Waals surface area contributed by atoms with Gasteiger partial charge in [0.25, 0.3) is 5.91 Å². The molecule has 0 bridgehead atoms. The maximum atomic E-state index is 12.6. The molecule has 1 saturated heterocycles. The molecule has 1 aliphatic heterocycles. The van der Waals surface area contributed by atoms with Gasteiger partial charge in [-0.05, 0) is 46.3 Å². The SMILES string of the molecule is O=C(c1ccc(Br)s1)N1CCN(S(=O)(=O)c2cccc(Cl)c2)CC1. The molecule has 0 spiro atoms. The van der Waals surface area contributed by atoms with E-state index in [1.165, 1.54) is 27.8 Å². The number of carbonyl (C=O) groups excluding carboxylic acids is 1. The summed E-state index contributed by atoms with van der Waals surface area (Å²) < 4.78 is 27.6. The van der Waals surface area contributed by atoms with Gasteiger partial charge in [-0.2, -0.15) is 4.31 Å². The van der Waals surface area contributed by atoms with E-state index in [-0.39, 0.29) is 23.9 Å². The van der Waals surface area contributed by atoms with Crippen molar-refractivity contribution in [1.82, 2.24) is 9.21 Å². The second kappa shape index (κ2) is 7.13. The fourth-order valence-corrected chi connectivity index (χ4v) is 5.57. The van der Waals surface area contributed by atoms with Crippen molar-refractivity contribution in [3.63, 3.8) is 0 Å². The Morgan fingerprint density at radius 3 is 2.42 bits per heavy atom. The second-order valence-electron chi connectivity index (χ2n) is 5.26. The van der Waals surface area contributed by atoms with E-state index in [1.807, 2.05) is 6.07 Å². The van der Waals surface area contributed by atoms with Gasteiger partial charge in [-0.3, -0.25) is 4.79 Å². The van der Waals surface area contributed by atoms with Crippen LogP contribution in [0.25, 0.3) is 0 Å². The summed E-state index contributed by atoms with van der Waals surface area (Å²) in [7, 11) is -3.59. The summed E-state index contributed by atoms with van der Waals surface area (Å²) >= 11 is 10.6. The summed E-state index contributed by atoms with van der Waals surface area (Å²) in [6, 6.07) is 9.82. The summed E-state index contributed by atoms with van der Waals surface area (Å²) in [4.78, 5) is 14.9. The number of rotatable bonds is 3. The zero-order valence-electron chi connectivity index (χ0n) is 12.5.